The van der Waals surface area contributed by atoms with E-state index < -0.39 is 0 Å². The van der Waals surface area contributed by atoms with Gasteiger partial charge in [-0.15, -0.1) is 0 Å². The van der Waals surface area contributed by atoms with Crippen LogP contribution in [-0.4, -0.2) is 16.3 Å². The van der Waals surface area contributed by atoms with E-state index in [4.69, 9.17) is 0 Å². The summed E-state index contributed by atoms with van der Waals surface area (Å²) in [5.74, 6) is -0.274. The lowest BCUT2D eigenvalue weighted by Gasteiger charge is -1.96. The summed E-state index contributed by atoms with van der Waals surface area (Å²) in [6.45, 7) is 1.98. The molecule has 0 atom stereocenters. The Bertz CT molecular complexity index is 805. The summed E-state index contributed by atoms with van der Waals surface area (Å²) in [6.07, 6.45) is 1.54. The first-order chi connectivity index (χ1) is 9.63. The van der Waals surface area contributed by atoms with Crippen LogP contribution in [0.2, 0.25) is 0 Å². The fourth-order valence-electron chi connectivity index (χ4n) is 2.14. The molecule has 3 rings (SSSR count). The van der Waals surface area contributed by atoms with Crippen molar-refractivity contribution < 1.29 is 9.50 Å². The second-order valence-electron chi connectivity index (χ2n) is 4.67. The van der Waals surface area contributed by atoms with Gasteiger partial charge in [-0.3, -0.25) is 4.99 Å². The van der Waals surface area contributed by atoms with Crippen molar-refractivity contribution in [2.24, 2.45) is 4.99 Å². The minimum atomic E-state index is -0.335. The predicted octanol–water partition coefficient (Wildman–Crippen LogP) is 4.07. The van der Waals surface area contributed by atoms with E-state index in [-0.39, 0.29) is 11.7 Å². The van der Waals surface area contributed by atoms with E-state index in [0.29, 0.717) is 11.3 Å². The Morgan fingerprint density at radius 1 is 1.20 bits per heavy atom. The highest BCUT2D eigenvalue weighted by Gasteiger charge is 2.08. The first-order valence-corrected chi connectivity index (χ1v) is 6.24. The van der Waals surface area contributed by atoms with Crippen LogP contribution in [-0.2, 0) is 0 Å². The number of aryl methyl sites for hydroxylation is 1. The van der Waals surface area contributed by atoms with E-state index in [0.717, 1.165) is 16.5 Å². The summed E-state index contributed by atoms with van der Waals surface area (Å²) < 4.78 is 13.1. The predicted molar refractivity (Wildman–Crippen MR) is 78.4 cm³/mol. The summed E-state index contributed by atoms with van der Waals surface area (Å²) in [7, 11) is 0. The molecule has 2 aromatic carbocycles. The molecule has 0 saturated carbocycles. The number of halogens is 1. The van der Waals surface area contributed by atoms with Crippen LogP contribution in [0, 0.1) is 12.7 Å². The monoisotopic (exact) mass is 268 g/mol. The molecule has 0 bridgehead atoms. The lowest BCUT2D eigenvalue weighted by Crippen LogP contribution is -1.80. The highest BCUT2D eigenvalue weighted by molar-refractivity contribution is 6.02. The van der Waals surface area contributed by atoms with Gasteiger partial charge in [0.2, 0.25) is 0 Å². The Hall–Kier alpha value is -2.62. The van der Waals surface area contributed by atoms with Crippen molar-refractivity contribution >= 4 is 22.8 Å². The number of rotatable bonds is 2. The topological polar surface area (TPSA) is 48.4 Å². The number of H-pyrrole nitrogens is 1. The van der Waals surface area contributed by atoms with Crippen molar-refractivity contribution in [2.75, 3.05) is 0 Å². The molecule has 0 fully saturated rings. The lowest BCUT2D eigenvalue weighted by molar-refractivity contribution is 0.457. The second-order valence-corrected chi connectivity index (χ2v) is 4.67. The molecular formula is C16H13FN2O. The zero-order valence-electron chi connectivity index (χ0n) is 10.9. The van der Waals surface area contributed by atoms with Gasteiger partial charge >= 0.3 is 0 Å². The average Bonchev–Trinajstić information content (AvgIpc) is 2.72. The highest BCUT2D eigenvalue weighted by atomic mass is 19.1. The van der Waals surface area contributed by atoms with Crippen molar-refractivity contribution in [1.82, 2.24) is 4.98 Å². The molecule has 2 N–H and O–H groups in total. The van der Waals surface area contributed by atoms with Crippen molar-refractivity contribution in [3.63, 3.8) is 0 Å². The number of aromatic hydroxyl groups is 1. The molecule has 0 aliphatic rings. The number of aliphatic imine (C=N–C) groups is 1. The third-order valence-electron chi connectivity index (χ3n) is 3.12. The summed E-state index contributed by atoms with van der Waals surface area (Å²) in [6, 6.07) is 11.9. The van der Waals surface area contributed by atoms with E-state index in [2.05, 4.69) is 9.98 Å². The number of nitrogens with zero attached hydrogens (tertiary/aromatic N) is 1. The van der Waals surface area contributed by atoms with Crippen LogP contribution >= 0.6 is 0 Å². The Morgan fingerprint density at radius 2 is 2.05 bits per heavy atom. The number of fused-ring (bicyclic) bond motifs is 1. The standard InChI is InChI=1S/C16H13FN2O/c1-10-5-6-15-13(7-10)14(16(20)19-15)9-18-12-4-2-3-11(17)8-12/h2-9,19-20H,1H3. The van der Waals surface area contributed by atoms with Crippen LogP contribution < -0.4 is 0 Å². The number of aromatic amines is 1. The zero-order valence-corrected chi connectivity index (χ0v) is 10.9. The van der Waals surface area contributed by atoms with Crippen LogP contribution in [0.5, 0.6) is 5.88 Å². The first kappa shape index (κ1) is 12.4. The molecule has 3 nitrogen and oxygen atoms in total. The molecule has 1 aromatic heterocycles. The van der Waals surface area contributed by atoms with Gasteiger partial charge in [-0.05, 0) is 37.3 Å². The Kier molecular flexibility index (Phi) is 2.99. The maximum Gasteiger partial charge on any atom is 0.198 e. The molecule has 0 saturated heterocycles. The Labute approximate surface area is 115 Å². The van der Waals surface area contributed by atoms with E-state index in [9.17, 15) is 9.50 Å². The smallest absolute Gasteiger partial charge is 0.198 e. The van der Waals surface area contributed by atoms with E-state index in [1.807, 2.05) is 25.1 Å². The normalized spacial score (nSPS) is 11.5. The maximum atomic E-state index is 13.1. The number of benzene rings is 2. The van der Waals surface area contributed by atoms with E-state index >= 15 is 0 Å². The molecule has 4 heteroatoms. The summed E-state index contributed by atoms with van der Waals surface area (Å²) in [4.78, 5) is 7.10. The highest BCUT2D eigenvalue weighted by Crippen LogP contribution is 2.27. The maximum absolute atomic E-state index is 13.1. The summed E-state index contributed by atoms with van der Waals surface area (Å²) in [5.41, 5.74) is 3.05. The van der Waals surface area contributed by atoms with Crippen molar-refractivity contribution in [1.29, 1.82) is 0 Å². The van der Waals surface area contributed by atoms with Crippen LogP contribution in [0.25, 0.3) is 10.9 Å². The van der Waals surface area contributed by atoms with Gasteiger partial charge < -0.3 is 10.1 Å². The number of hydrogen-bond donors (Lipinski definition) is 2. The van der Waals surface area contributed by atoms with Gasteiger partial charge in [0.1, 0.15) is 5.82 Å². The van der Waals surface area contributed by atoms with Gasteiger partial charge in [0.15, 0.2) is 5.88 Å². The SMILES string of the molecule is Cc1ccc2[nH]c(O)c(C=Nc3cccc(F)c3)c2c1. The van der Waals surface area contributed by atoms with E-state index in [1.165, 1.54) is 12.1 Å². The number of hydrogen-bond acceptors (Lipinski definition) is 2. The summed E-state index contributed by atoms with van der Waals surface area (Å²) in [5, 5.41) is 10.8. The molecule has 3 aromatic rings. The van der Waals surface area contributed by atoms with Crippen molar-refractivity contribution in [3.8, 4) is 5.88 Å². The molecule has 0 aliphatic carbocycles. The van der Waals surface area contributed by atoms with Gasteiger partial charge in [-0.25, -0.2) is 4.39 Å². The Morgan fingerprint density at radius 3 is 2.85 bits per heavy atom. The van der Waals surface area contributed by atoms with E-state index in [1.54, 1.807) is 18.3 Å². The average molecular weight is 268 g/mol. The third kappa shape index (κ3) is 2.28. The quantitative estimate of drug-likeness (QED) is 0.676. The lowest BCUT2D eigenvalue weighted by atomic mass is 10.1. The molecule has 0 aliphatic heterocycles. The van der Waals surface area contributed by atoms with Crippen LogP contribution in [0.1, 0.15) is 11.1 Å². The minimum absolute atomic E-state index is 0.0609. The Balaban J connectivity index is 2.06. The van der Waals surface area contributed by atoms with Crippen molar-refractivity contribution in [3.05, 3.63) is 59.4 Å². The zero-order chi connectivity index (χ0) is 14.1. The molecule has 100 valence electrons. The fourth-order valence-corrected chi connectivity index (χ4v) is 2.14. The first-order valence-electron chi connectivity index (χ1n) is 6.24. The van der Waals surface area contributed by atoms with Gasteiger partial charge in [-0.1, -0.05) is 17.7 Å². The molecule has 20 heavy (non-hydrogen) atoms. The van der Waals surface area contributed by atoms with Crippen LogP contribution in [0.15, 0.2) is 47.5 Å². The fraction of sp³-hybridized carbons (Fsp3) is 0.0625. The number of aromatic nitrogens is 1. The molecule has 1 heterocycles. The molecular weight excluding hydrogens is 255 g/mol. The van der Waals surface area contributed by atoms with Crippen molar-refractivity contribution in [2.45, 2.75) is 6.92 Å². The van der Waals surface area contributed by atoms with Gasteiger partial charge in [-0.2, -0.15) is 0 Å². The van der Waals surface area contributed by atoms with Gasteiger partial charge in [0, 0.05) is 17.1 Å². The second kappa shape index (κ2) is 4.81. The largest absolute Gasteiger partial charge is 0.494 e. The molecule has 0 radical (unpaired) electrons. The third-order valence-corrected chi connectivity index (χ3v) is 3.12. The molecule has 0 unspecified atom stereocenters. The van der Waals surface area contributed by atoms with Crippen LogP contribution in [0.4, 0.5) is 10.1 Å². The number of nitrogens with one attached hydrogen (secondary N) is 1. The van der Waals surface area contributed by atoms with Gasteiger partial charge in [0.05, 0.1) is 11.3 Å². The molecule has 0 amide bonds. The minimum Gasteiger partial charge on any atom is -0.494 e. The molecule has 0 spiro atoms. The summed E-state index contributed by atoms with van der Waals surface area (Å²) >= 11 is 0. The van der Waals surface area contributed by atoms with Crippen LogP contribution in [0.3, 0.4) is 0 Å². The van der Waals surface area contributed by atoms with Gasteiger partial charge in [0.25, 0.3) is 0 Å².